The van der Waals surface area contributed by atoms with E-state index in [1.165, 1.54) is 19.4 Å². The molecule has 0 bridgehead atoms. The Morgan fingerprint density at radius 2 is 2.17 bits per heavy atom. The van der Waals surface area contributed by atoms with Crippen LogP contribution in [0.25, 0.3) is 0 Å². The first-order valence-electron chi connectivity index (χ1n) is 5.14. The van der Waals surface area contributed by atoms with Crippen LogP contribution in [0.1, 0.15) is 33.6 Å². The molecule has 0 radical (unpaired) electrons. The lowest BCUT2D eigenvalue weighted by Gasteiger charge is -2.28. The maximum atomic E-state index is 5.86. The molecule has 2 unspecified atom stereocenters. The Morgan fingerprint density at radius 1 is 1.50 bits per heavy atom. The van der Waals surface area contributed by atoms with E-state index in [0.29, 0.717) is 12.1 Å². The highest BCUT2D eigenvalue weighted by Crippen LogP contribution is 2.18. The molecule has 1 fully saturated rings. The van der Waals surface area contributed by atoms with Gasteiger partial charge >= 0.3 is 0 Å². The molecule has 0 aliphatic carbocycles. The second kappa shape index (κ2) is 4.24. The second-order valence-corrected chi connectivity index (χ2v) is 4.17. The number of hydrogen-bond donors (Lipinski definition) is 1. The summed E-state index contributed by atoms with van der Waals surface area (Å²) in [5.74, 6) is 0.801. The predicted octanol–water partition coefficient (Wildman–Crippen LogP) is 1.45. The van der Waals surface area contributed by atoms with Gasteiger partial charge in [-0.05, 0) is 19.3 Å². The fourth-order valence-electron chi connectivity index (χ4n) is 1.89. The molecule has 1 rings (SSSR count). The van der Waals surface area contributed by atoms with E-state index in [-0.39, 0.29) is 0 Å². The lowest BCUT2D eigenvalue weighted by atomic mass is 10.00. The molecule has 0 aromatic heterocycles. The minimum Gasteiger partial charge on any atom is -0.326 e. The monoisotopic (exact) mass is 170 g/mol. The summed E-state index contributed by atoms with van der Waals surface area (Å²) >= 11 is 0. The number of likely N-dealkylation sites (tertiary alicyclic amines) is 1. The van der Waals surface area contributed by atoms with Crippen molar-refractivity contribution >= 4 is 0 Å². The van der Waals surface area contributed by atoms with Crippen LogP contribution < -0.4 is 5.73 Å². The van der Waals surface area contributed by atoms with Gasteiger partial charge in [0.25, 0.3) is 0 Å². The zero-order valence-corrected chi connectivity index (χ0v) is 8.59. The van der Waals surface area contributed by atoms with Crippen LogP contribution in [-0.4, -0.2) is 30.1 Å². The third-order valence-corrected chi connectivity index (χ3v) is 3.30. The SMILES string of the molecule is CCC(C)C(C)N1CC[C@H](N)C1. The Kier molecular flexibility index (Phi) is 3.53. The van der Waals surface area contributed by atoms with Crippen LogP contribution in [0, 0.1) is 5.92 Å². The van der Waals surface area contributed by atoms with Gasteiger partial charge in [-0.15, -0.1) is 0 Å². The largest absolute Gasteiger partial charge is 0.326 e. The van der Waals surface area contributed by atoms with E-state index in [1.54, 1.807) is 0 Å². The molecule has 1 heterocycles. The normalized spacial score (nSPS) is 30.5. The number of nitrogens with zero attached hydrogens (tertiary/aromatic N) is 1. The second-order valence-electron chi connectivity index (χ2n) is 4.17. The molecule has 2 heteroatoms. The van der Waals surface area contributed by atoms with Crippen molar-refractivity contribution in [3.05, 3.63) is 0 Å². The van der Waals surface area contributed by atoms with E-state index < -0.39 is 0 Å². The summed E-state index contributed by atoms with van der Waals surface area (Å²) in [5, 5.41) is 0. The Bertz CT molecular complexity index is 136. The Balaban J connectivity index is 2.37. The summed E-state index contributed by atoms with van der Waals surface area (Å²) in [4.78, 5) is 2.53. The van der Waals surface area contributed by atoms with E-state index in [0.717, 1.165) is 12.5 Å². The van der Waals surface area contributed by atoms with Gasteiger partial charge in [0.1, 0.15) is 0 Å². The standard InChI is InChI=1S/C10H22N2/c1-4-8(2)9(3)12-6-5-10(11)7-12/h8-10H,4-7,11H2,1-3H3/t8?,9?,10-/m0/s1. The summed E-state index contributed by atoms with van der Waals surface area (Å²) in [6.45, 7) is 9.22. The van der Waals surface area contributed by atoms with Crippen molar-refractivity contribution in [2.75, 3.05) is 13.1 Å². The highest BCUT2D eigenvalue weighted by molar-refractivity contribution is 4.83. The zero-order valence-electron chi connectivity index (χ0n) is 8.59. The van der Waals surface area contributed by atoms with E-state index in [1.807, 2.05) is 0 Å². The number of rotatable bonds is 3. The third kappa shape index (κ3) is 2.20. The van der Waals surface area contributed by atoms with Crippen LogP contribution >= 0.6 is 0 Å². The molecule has 2 N–H and O–H groups in total. The van der Waals surface area contributed by atoms with Gasteiger partial charge < -0.3 is 5.73 Å². The van der Waals surface area contributed by atoms with Gasteiger partial charge in [0, 0.05) is 25.2 Å². The lowest BCUT2D eigenvalue weighted by Crippen LogP contribution is -2.37. The Morgan fingerprint density at radius 3 is 2.58 bits per heavy atom. The molecule has 1 aliphatic heterocycles. The van der Waals surface area contributed by atoms with Crippen molar-refractivity contribution in [3.8, 4) is 0 Å². The molecule has 0 amide bonds. The van der Waals surface area contributed by atoms with Gasteiger partial charge in [-0.1, -0.05) is 20.3 Å². The average molecular weight is 170 g/mol. The van der Waals surface area contributed by atoms with Gasteiger partial charge in [-0.25, -0.2) is 0 Å². The number of nitrogens with two attached hydrogens (primary N) is 1. The molecule has 2 nitrogen and oxygen atoms in total. The van der Waals surface area contributed by atoms with E-state index in [9.17, 15) is 0 Å². The minimum absolute atomic E-state index is 0.427. The van der Waals surface area contributed by atoms with Gasteiger partial charge in [0.05, 0.1) is 0 Å². The molecule has 12 heavy (non-hydrogen) atoms. The highest BCUT2D eigenvalue weighted by atomic mass is 15.2. The molecule has 72 valence electrons. The van der Waals surface area contributed by atoms with Gasteiger partial charge in [0.15, 0.2) is 0 Å². The fourth-order valence-corrected chi connectivity index (χ4v) is 1.89. The first-order chi connectivity index (χ1) is 5.65. The van der Waals surface area contributed by atoms with Crippen molar-refractivity contribution in [1.29, 1.82) is 0 Å². The summed E-state index contributed by atoms with van der Waals surface area (Å²) in [6.07, 6.45) is 2.45. The summed E-state index contributed by atoms with van der Waals surface area (Å²) in [7, 11) is 0. The maximum absolute atomic E-state index is 5.86. The first kappa shape index (κ1) is 10.0. The van der Waals surface area contributed by atoms with Crippen LogP contribution in [0.3, 0.4) is 0 Å². The van der Waals surface area contributed by atoms with Crippen molar-refractivity contribution < 1.29 is 0 Å². The van der Waals surface area contributed by atoms with Crippen molar-refractivity contribution in [2.24, 2.45) is 11.7 Å². The smallest absolute Gasteiger partial charge is 0.0180 e. The zero-order chi connectivity index (χ0) is 9.14. The quantitative estimate of drug-likeness (QED) is 0.694. The van der Waals surface area contributed by atoms with Crippen molar-refractivity contribution in [2.45, 2.75) is 45.7 Å². The summed E-state index contributed by atoms with van der Waals surface area (Å²) < 4.78 is 0. The van der Waals surface area contributed by atoms with E-state index in [2.05, 4.69) is 25.7 Å². The van der Waals surface area contributed by atoms with Gasteiger partial charge in [-0.3, -0.25) is 4.90 Å². The number of hydrogen-bond acceptors (Lipinski definition) is 2. The molecule has 1 aliphatic rings. The molecule has 0 spiro atoms. The molecule has 0 aromatic carbocycles. The first-order valence-corrected chi connectivity index (χ1v) is 5.14. The van der Waals surface area contributed by atoms with Crippen LogP contribution in [0.5, 0.6) is 0 Å². The highest BCUT2D eigenvalue weighted by Gasteiger charge is 2.25. The molecular formula is C10H22N2. The van der Waals surface area contributed by atoms with Gasteiger partial charge in [-0.2, -0.15) is 0 Å². The van der Waals surface area contributed by atoms with E-state index in [4.69, 9.17) is 5.73 Å². The predicted molar refractivity (Wildman–Crippen MR) is 53.1 cm³/mol. The van der Waals surface area contributed by atoms with Crippen LogP contribution in [0.4, 0.5) is 0 Å². The summed E-state index contributed by atoms with van der Waals surface area (Å²) in [6, 6.07) is 1.14. The molecule has 1 saturated heterocycles. The third-order valence-electron chi connectivity index (χ3n) is 3.30. The van der Waals surface area contributed by atoms with E-state index >= 15 is 0 Å². The maximum Gasteiger partial charge on any atom is 0.0180 e. The minimum atomic E-state index is 0.427. The molecule has 0 saturated carbocycles. The Labute approximate surface area is 76.1 Å². The molecule has 3 atom stereocenters. The summed E-state index contributed by atoms with van der Waals surface area (Å²) in [5.41, 5.74) is 5.86. The fraction of sp³-hybridized carbons (Fsp3) is 1.00. The molecular weight excluding hydrogens is 148 g/mol. The van der Waals surface area contributed by atoms with Crippen molar-refractivity contribution in [3.63, 3.8) is 0 Å². The Hall–Kier alpha value is -0.0800. The molecule has 0 aromatic rings. The van der Waals surface area contributed by atoms with Crippen molar-refractivity contribution in [1.82, 2.24) is 4.90 Å². The van der Waals surface area contributed by atoms with Gasteiger partial charge in [0.2, 0.25) is 0 Å². The van der Waals surface area contributed by atoms with Crippen LogP contribution in [-0.2, 0) is 0 Å². The van der Waals surface area contributed by atoms with Crippen LogP contribution in [0.15, 0.2) is 0 Å². The topological polar surface area (TPSA) is 29.3 Å². The average Bonchev–Trinajstić information content (AvgIpc) is 2.49. The lowest BCUT2D eigenvalue weighted by molar-refractivity contribution is 0.193. The van der Waals surface area contributed by atoms with Crippen LogP contribution in [0.2, 0.25) is 0 Å².